The van der Waals surface area contributed by atoms with Crippen molar-refractivity contribution in [3.8, 4) is 11.5 Å². The van der Waals surface area contributed by atoms with Gasteiger partial charge < -0.3 is 9.84 Å². The Bertz CT molecular complexity index is 798. The number of carbonyl (C=O) groups is 1. The van der Waals surface area contributed by atoms with Crippen molar-refractivity contribution in [1.82, 2.24) is 0 Å². The van der Waals surface area contributed by atoms with Gasteiger partial charge in [0.15, 0.2) is 5.78 Å². The first-order valence-electron chi connectivity index (χ1n) is 6.69. The van der Waals surface area contributed by atoms with E-state index in [0.717, 1.165) is 18.2 Å². The van der Waals surface area contributed by atoms with E-state index in [9.17, 15) is 23.1 Å². The Hall–Kier alpha value is -2.47. The van der Waals surface area contributed by atoms with Gasteiger partial charge in [-0.05, 0) is 36.4 Å². The summed E-state index contributed by atoms with van der Waals surface area (Å²) in [7, 11) is 1.23. The summed E-state index contributed by atoms with van der Waals surface area (Å²) in [5.74, 6) is -0.922. The molecule has 24 heavy (non-hydrogen) atoms. The zero-order valence-corrected chi connectivity index (χ0v) is 13.2. The maximum Gasteiger partial charge on any atom is 0.416 e. The van der Waals surface area contributed by atoms with Gasteiger partial charge in [-0.25, -0.2) is 0 Å². The highest BCUT2D eigenvalue weighted by Gasteiger charge is 2.31. The molecule has 0 aromatic heterocycles. The maximum absolute atomic E-state index is 12.7. The van der Waals surface area contributed by atoms with Crippen molar-refractivity contribution in [3.63, 3.8) is 0 Å². The molecule has 1 N–H and O–H groups in total. The summed E-state index contributed by atoms with van der Waals surface area (Å²) in [6.07, 6.45) is -2.06. The number of carbonyl (C=O) groups excluding carboxylic acids is 1. The van der Waals surface area contributed by atoms with Crippen LogP contribution in [0.3, 0.4) is 0 Å². The molecule has 0 bridgehead atoms. The monoisotopic (exact) mass is 356 g/mol. The van der Waals surface area contributed by atoms with Gasteiger partial charge in [0.1, 0.15) is 11.5 Å². The molecule has 0 atom stereocenters. The van der Waals surface area contributed by atoms with Crippen molar-refractivity contribution in [2.24, 2.45) is 0 Å². The van der Waals surface area contributed by atoms with Crippen LogP contribution in [0.2, 0.25) is 5.02 Å². The quantitative estimate of drug-likeness (QED) is 0.621. The summed E-state index contributed by atoms with van der Waals surface area (Å²) in [4.78, 5) is 12.1. The summed E-state index contributed by atoms with van der Waals surface area (Å²) in [5, 5.41) is 9.78. The first-order valence-corrected chi connectivity index (χ1v) is 7.07. The molecule has 126 valence electrons. The van der Waals surface area contributed by atoms with E-state index in [1.54, 1.807) is 0 Å². The molecule has 0 spiro atoms. The average molecular weight is 357 g/mol. The Labute approximate surface area is 140 Å². The lowest BCUT2D eigenvalue weighted by Gasteiger charge is -2.10. The molecule has 0 heterocycles. The van der Waals surface area contributed by atoms with Crippen LogP contribution in [-0.4, -0.2) is 18.0 Å². The Kier molecular flexibility index (Phi) is 5.19. The van der Waals surface area contributed by atoms with Gasteiger partial charge in [0.25, 0.3) is 0 Å². The lowest BCUT2D eigenvalue weighted by Crippen LogP contribution is -2.05. The number of para-hydroxylation sites is 1. The molecule has 0 aliphatic carbocycles. The SMILES string of the molecule is COc1cc(C(F)(F)F)ccc1C=CC(=O)c1cccc(Cl)c1O. The fourth-order valence-corrected chi connectivity index (χ4v) is 2.17. The van der Waals surface area contributed by atoms with Gasteiger partial charge in [0, 0.05) is 5.56 Å². The third kappa shape index (κ3) is 3.89. The molecule has 0 unspecified atom stereocenters. The number of halogens is 4. The smallest absolute Gasteiger partial charge is 0.416 e. The molecule has 0 amide bonds. The van der Waals surface area contributed by atoms with Gasteiger partial charge in [-0.3, -0.25) is 4.79 Å². The third-order valence-corrected chi connectivity index (χ3v) is 3.53. The summed E-state index contributed by atoms with van der Waals surface area (Å²) < 4.78 is 43.0. The van der Waals surface area contributed by atoms with E-state index in [1.807, 2.05) is 0 Å². The van der Waals surface area contributed by atoms with Crippen LogP contribution < -0.4 is 4.74 Å². The highest BCUT2D eigenvalue weighted by molar-refractivity contribution is 6.32. The molecule has 0 fully saturated rings. The fraction of sp³-hybridized carbons (Fsp3) is 0.118. The summed E-state index contributed by atoms with van der Waals surface area (Å²) in [5.41, 5.74) is -0.569. The van der Waals surface area contributed by atoms with Crippen molar-refractivity contribution >= 4 is 23.5 Å². The van der Waals surface area contributed by atoms with E-state index in [2.05, 4.69) is 0 Å². The van der Waals surface area contributed by atoms with Crippen molar-refractivity contribution in [1.29, 1.82) is 0 Å². The maximum atomic E-state index is 12.7. The second kappa shape index (κ2) is 6.97. The highest BCUT2D eigenvalue weighted by Crippen LogP contribution is 2.33. The number of phenolic OH excluding ortho intramolecular Hbond substituents is 1. The van der Waals surface area contributed by atoms with Crippen LogP contribution >= 0.6 is 11.6 Å². The van der Waals surface area contributed by atoms with Crippen LogP contribution in [0.25, 0.3) is 6.08 Å². The highest BCUT2D eigenvalue weighted by atomic mass is 35.5. The summed E-state index contributed by atoms with van der Waals surface area (Å²) in [6, 6.07) is 7.25. The Balaban J connectivity index is 2.32. The molecule has 0 saturated heterocycles. The van der Waals surface area contributed by atoms with E-state index >= 15 is 0 Å². The zero-order chi connectivity index (χ0) is 17.9. The molecule has 2 rings (SSSR count). The van der Waals surface area contributed by atoms with Gasteiger partial charge in [-0.1, -0.05) is 23.7 Å². The average Bonchev–Trinajstić information content (AvgIpc) is 2.54. The lowest BCUT2D eigenvalue weighted by molar-refractivity contribution is -0.137. The van der Waals surface area contributed by atoms with E-state index in [4.69, 9.17) is 16.3 Å². The number of phenols is 1. The Morgan fingerprint density at radius 2 is 1.96 bits per heavy atom. The van der Waals surface area contributed by atoms with Crippen LogP contribution in [0.15, 0.2) is 42.5 Å². The molecule has 7 heteroatoms. The van der Waals surface area contributed by atoms with Crippen molar-refractivity contribution < 1.29 is 27.8 Å². The number of aromatic hydroxyl groups is 1. The topological polar surface area (TPSA) is 46.5 Å². The van der Waals surface area contributed by atoms with E-state index in [0.29, 0.717) is 5.56 Å². The van der Waals surface area contributed by atoms with Gasteiger partial charge in [-0.15, -0.1) is 0 Å². The van der Waals surface area contributed by atoms with Crippen LogP contribution in [0.4, 0.5) is 13.2 Å². The normalized spacial score (nSPS) is 11.7. The molecule has 0 radical (unpaired) electrons. The fourth-order valence-electron chi connectivity index (χ4n) is 1.99. The molecule has 0 aliphatic heterocycles. The van der Waals surface area contributed by atoms with Crippen LogP contribution in [-0.2, 0) is 6.18 Å². The van der Waals surface area contributed by atoms with Crippen molar-refractivity contribution in [2.75, 3.05) is 7.11 Å². The molecule has 3 nitrogen and oxygen atoms in total. The minimum absolute atomic E-state index is 0.00960. The second-order valence-corrected chi connectivity index (χ2v) is 5.20. The van der Waals surface area contributed by atoms with Crippen molar-refractivity contribution in [3.05, 3.63) is 64.2 Å². The number of alkyl halides is 3. The zero-order valence-electron chi connectivity index (χ0n) is 12.4. The van der Waals surface area contributed by atoms with E-state index in [-0.39, 0.29) is 22.1 Å². The number of ether oxygens (including phenoxy) is 1. The van der Waals surface area contributed by atoms with Gasteiger partial charge in [0.05, 0.1) is 23.3 Å². The molecular formula is C17H12ClF3O3. The number of ketones is 1. The predicted molar refractivity (Wildman–Crippen MR) is 84.5 cm³/mol. The summed E-state index contributed by atoms with van der Waals surface area (Å²) >= 11 is 5.73. The number of benzene rings is 2. The number of methoxy groups -OCH3 is 1. The van der Waals surface area contributed by atoms with Gasteiger partial charge >= 0.3 is 6.18 Å². The number of hydrogen-bond donors (Lipinski definition) is 1. The minimum Gasteiger partial charge on any atom is -0.506 e. The Morgan fingerprint density at radius 3 is 2.58 bits per heavy atom. The Morgan fingerprint density at radius 1 is 1.25 bits per heavy atom. The van der Waals surface area contributed by atoms with Gasteiger partial charge in [0.2, 0.25) is 0 Å². The van der Waals surface area contributed by atoms with E-state index in [1.165, 1.54) is 37.5 Å². The summed E-state index contributed by atoms with van der Waals surface area (Å²) in [6.45, 7) is 0. The lowest BCUT2D eigenvalue weighted by atomic mass is 10.1. The predicted octanol–water partition coefficient (Wildman–Crippen LogP) is 4.97. The third-order valence-electron chi connectivity index (χ3n) is 3.23. The van der Waals surface area contributed by atoms with Gasteiger partial charge in [-0.2, -0.15) is 13.2 Å². The second-order valence-electron chi connectivity index (χ2n) is 4.79. The minimum atomic E-state index is -4.49. The van der Waals surface area contributed by atoms with E-state index < -0.39 is 17.5 Å². The number of hydrogen-bond acceptors (Lipinski definition) is 3. The molecule has 2 aromatic carbocycles. The van der Waals surface area contributed by atoms with Crippen molar-refractivity contribution in [2.45, 2.75) is 6.18 Å². The first-order chi connectivity index (χ1) is 11.2. The van der Waals surface area contributed by atoms with Crippen LogP contribution in [0.5, 0.6) is 11.5 Å². The van der Waals surface area contributed by atoms with Crippen LogP contribution in [0.1, 0.15) is 21.5 Å². The molecular weight excluding hydrogens is 345 g/mol. The standard InChI is InChI=1S/C17H12ClF3O3/c1-24-15-9-11(17(19,20)21)7-5-10(15)6-8-14(22)12-3-2-4-13(18)16(12)23/h2-9,23H,1H3. The molecule has 0 aliphatic rings. The first kappa shape index (κ1) is 17.9. The molecule has 0 saturated carbocycles. The van der Waals surface area contributed by atoms with Crippen LogP contribution in [0, 0.1) is 0 Å². The largest absolute Gasteiger partial charge is 0.506 e. The number of allylic oxidation sites excluding steroid dienone is 1. The molecule has 2 aromatic rings. The number of rotatable bonds is 4.